The molecule has 0 N–H and O–H groups in total. The van der Waals surface area contributed by atoms with Crippen LogP contribution >= 0.6 is 0 Å². The number of rotatable bonds is 4. The van der Waals surface area contributed by atoms with Crippen LogP contribution < -0.4 is 0 Å². The largest absolute Gasteiger partial charge is 0.0714 e. The van der Waals surface area contributed by atoms with Gasteiger partial charge in [0.1, 0.15) is 0 Å². The van der Waals surface area contributed by atoms with Crippen LogP contribution in [-0.4, -0.2) is 0 Å². The molecule has 2 saturated carbocycles. The van der Waals surface area contributed by atoms with Gasteiger partial charge in [-0.3, -0.25) is 0 Å². The van der Waals surface area contributed by atoms with Gasteiger partial charge in [0, 0.05) is 0 Å². The molecular formula is C46H38. The average Bonchev–Trinajstić information content (AvgIpc) is 3.31. The first-order valence-corrected chi connectivity index (χ1v) is 17.4. The second-order valence-electron chi connectivity index (χ2n) is 14.5. The second-order valence-corrected chi connectivity index (χ2v) is 14.5. The minimum absolute atomic E-state index is 0.417. The van der Waals surface area contributed by atoms with Crippen molar-refractivity contribution in [2.24, 2.45) is 11.8 Å². The molecule has 0 amide bonds. The molecule has 0 heteroatoms. The molecule has 46 heavy (non-hydrogen) atoms. The summed E-state index contributed by atoms with van der Waals surface area (Å²) in [5, 5.41) is 0. The number of benzene rings is 6. The van der Waals surface area contributed by atoms with E-state index in [-0.39, 0.29) is 0 Å². The Balaban J connectivity index is 1.29. The van der Waals surface area contributed by atoms with Crippen LogP contribution in [-0.2, 0) is 5.41 Å². The van der Waals surface area contributed by atoms with Crippen LogP contribution in [0.5, 0.6) is 0 Å². The molecule has 0 heterocycles. The van der Waals surface area contributed by atoms with E-state index in [4.69, 9.17) is 0 Å². The van der Waals surface area contributed by atoms with Crippen molar-refractivity contribution < 1.29 is 0 Å². The molecule has 2 atom stereocenters. The van der Waals surface area contributed by atoms with Crippen LogP contribution in [0.4, 0.5) is 0 Å². The Bertz CT molecular complexity index is 2010. The molecule has 222 valence electrons. The minimum Gasteiger partial charge on any atom is -0.0622 e. The molecule has 0 aliphatic heterocycles. The minimum atomic E-state index is -0.417. The maximum Gasteiger partial charge on any atom is 0.0714 e. The van der Waals surface area contributed by atoms with E-state index in [1.807, 2.05) is 0 Å². The SMILES string of the molecule is c1ccc(-c2cccc(C3(c4cccc(-c5ccccc5)c4)c4ccccc4-c4cc5c(cc43)C3CC4CC(CC5C4)C3)c2)cc1. The molecular weight excluding hydrogens is 553 g/mol. The van der Waals surface area contributed by atoms with E-state index in [2.05, 4.69) is 146 Å². The molecule has 5 aliphatic rings. The van der Waals surface area contributed by atoms with Crippen LogP contribution in [0.15, 0.2) is 146 Å². The summed E-state index contributed by atoms with van der Waals surface area (Å²) < 4.78 is 0. The van der Waals surface area contributed by atoms with Gasteiger partial charge in [-0.2, -0.15) is 0 Å². The lowest BCUT2D eigenvalue weighted by molar-refractivity contribution is 0.166. The monoisotopic (exact) mass is 590 g/mol. The zero-order valence-corrected chi connectivity index (χ0v) is 26.2. The van der Waals surface area contributed by atoms with Crippen molar-refractivity contribution in [3.8, 4) is 33.4 Å². The Hall–Kier alpha value is -4.68. The third-order valence-electron chi connectivity index (χ3n) is 12.1. The number of fused-ring (bicyclic) bond motifs is 3. The molecule has 2 unspecified atom stereocenters. The summed E-state index contributed by atoms with van der Waals surface area (Å²) in [4.78, 5) is 0. The molecule has 5 aliphatic carbocycles. The summed E-state index contributed by atoms with van der Waals surface area (Å²) in [5.41, 5.74) is 16.4. The molecule has 0 aromatic heterocycles. The zero-order valence-electron chi connectivity index (χ0n) is 26.2. The van der Waals surface area contributed by atoms with Crippen molar-refractivity contribution in [1.82, 2.24) is 0 Å². The highest BCUT2D eigenvalue weighted by atomic mass is 14.5. The van der Waals surface area contributed by atoms with E-state index in [0.717, 1.165) is 17.8 Å². The van der Waals surface area contributed by atoms with Crippen LogP contribution in [0.25, 0.3) is 33.4 Å². The summed E-state index contributed by atoms with van der Waals surface area (Å²) in [5.74, 6) is 3.24. The highest BCUT2D eigenvalue weighted by Gasteiger charge is 2.49. The van der Waals surface area contributed by atoms with E-state index in [1.54, 1.807) is 11.1 Å². The van der Waals surface area contributed by atoms with Gasteiger partial charge in [-0.1, -0.05) is 133 Å². The molecule has 2 fully saturated rings. The summed E-state index contributed by atoms with van der Waals surface area (Å²) >= 11 is 0. The van der Waals surface area contributed by atoms with Gasteiger partial charge in [-0.05, 0) is 135 Å². The Morgan fingerprint density at radius 1 is 0.370 bits per heavy atom. The fourth-order valence-corrected chi connectivity index (χ4v) is 10.3. The van der Waals surface area contributed by atoms with Crippen LogP contribution in [0, 0.1) is 11.8 Å². The van der Waals surface area contributed by atoms with Crippen molar-refractivity contribution in [3.63, 3.8) is 0 Å². The van der Waals surface area contributed by atoms with Gasteiger partial charge in [-0.15, -0.1) is 0 Å². The van der Waals surface area contributed by atoms with Crippen LogP contribution in [0.3, 0.4) is 0 Å². The zero-order chi connectivity index (χ0) is 30.2. The van der Waals surface area contributed by atoms with Crippen molar-refractivity contribution in [1.29, 1.82) is 0 Å². The third kappa shape index (κ3) is 3.86. The van der Waals surface area contributed by atoms with Gasteiger partial charge in [0.25, 0.3) is 0 Å². The average molecular weight is 591 g/mol. The summed E-state index contributed by atoms with van der Waals surface area (Å²) in [6.07, 6.45) is 7.01. The first kappa shape index (κ1) is 26.5. The fraction of sp³-hybridized carbons (Fsp3) is 0.217. The molecule has 11 rings (SSSR count). The van der Waals surface area contributed by atoms with Crippen molar-refractivity contribution in [2.75, 3.05) is 0 Å². The standard InChI is InChI=1S/C46H38/c1-3-11-32(12-4-1)34-15-9-17-38(26-34)46(39-18-10-16-35(27-39)33-13-5-2-6-14-33)44-20-8-7-19-40(44)43-28-41-36-22-30-21-31(23-36)25-37(24-30)42(41)29-45(43)46/h1-20,26-31,36-37H,21-25H2. The third-order valence-corrected chi connectivity index (χ3v) is 12.1. The van der Waals surface area contributed by atoms with E-state index in [9.17, 15) is 0 Å². The molecule has 6 aromatic carbocycles. The fourth-order valence-electron chi connectivity index (χ4n) is 10.3. The van der Waals surface area contributed by atoms with E-state index < -0.39 is 5.41 Å². The Morgan fingerprint density at radius 3 is 1.46 bits per heavy atom. The quantitative estimate of drug-likeness (QED) is 0.191. The van der Waals surface area contributed by atoms with Crippen molar-refractivity contribution >= 4 is 0 Å². The molecule has 4 bridgehead atoms. The van der Waals surface area contributed by atoms with E-state index in [1.165, 1.54) is 87.7 Å². The van der Waals surface area contributed by atoms with Gasteiger partial charge in [0.2, 0.25) is 0 Å². The predicted octanol–water partition coefficient (Wildman–Crippen LogP) is 11.8. The van der Waals surface area contributed by atoms with Crippen LogP contribution in [0.2, 0.25) is 0 Å². The topological polar surface area (TPSA) is 0 Å². The van der Waals surface area contributed by atoms with Crippen LogP contribution in [0.1, 0.15) is 77.3 Å². The summed E-state index contributed by atoms with van der Waals surface area (Å²) in [7, 11) is 0. The van der Waals surface area contributed by atoms with Gasteiger partial charge in [0.05, 0.1) is 5.41 Å². The number of hydrogen-bond acceptors (Lipinski definition) is 0. The lowest BCUT2D eigenvalue weighted by atomic mass is 9.66. The maximum absolute atomic E-state index is 2.72. The smallest absolute Gasteiger partial charge is 0.0622 e. The summed E-state index contributed by atoms with van der Waals surface area (Å²) in [6, 6.07) is 55.4. The molecule has 0 nitrogen and oxygen atoms in total. The lowest BCUT2D eigenvalue weighted by Gasteiger charge is -2.38. The van der Waals surface area contributed by atoms with Gasteiger partial charge < -0.3 is 0 Å². The van der Waals surface area contributed by atoms with Crippen molar-refractivity contribution in [3.05, 3.63) is 179 Å². The van der Waals surface area contributed by atoms with E-state index >= 15 is 0 Å². The predicted molar refractivity (Wildman–Crippen MR) is 190 cm³/mol. The Kier molecular flexibility index (Phi) is 5.86. The van der Waals surface area contributed by atoms with E-state index in [0.29, 0.717) is 5.92 Å². The van der Waals surface area contributed by atoms with Gasteiger partial charge in [-0.25, -0.2) is 0 Å². The maximum atomic E-state index is 2.72. The molecule has 6 aromatic rings. The Morgan fingerprint density at radius 2 is 0.870 bits per heavy atom. The normalized spacial score (nSPS) is 23.0. The first-order valence-electron chi connectivity index (χ1n) is 17.4. The molecule has 0 saturated heterocycles. The van der Waals surface area contributed by atoms with Crippen molar-refractivity contribution in [2.45, 2.75) is 49.4 Å². The van der Waals surface area contributed by atoms with Gasteiger partial charge >= 0.3 is 0 Å². The lowest BCUT2D eigenvalue weighted by Crippen LogP contribution is -2.29. The highest BCUT2D eigenvalue weighted by molar-refractivity contribution is 5.88. The number of hydrogen-bond donors (Lipinski definition) is 0. The molecule has 0 radical (unpaired) electrons. The first-order chi connectivity index (χ1) is 22.8. The Labute approximate surface area is 272 Å². The second kappa shape index (κ2) is 10.2. The summed E-state index contributed by atoms with van der Waals surface area (Å²) in [6.45, 7) is 0. The van der Waals surface area contributed by atoms with Gasteiger partial charge in [0.15, 0.2) is 0 Å². The molecule has 0 spiro atoms. The highest BCUT2D eigenvalue weighted by Crippen LogP contribution is 2.61.